The Labute approximate surface area is 92.8 Å². The van der Waals surface area contributed by atoms with Gasteiger partial charge in [0.05, 0.1) is 6.42 Å². The van der Waals surface area contributed by atoms with Crippen LogP contribution in [-0.2, 0) is 9.59 Å². The van der Waals surface area contributed by atoms with Crippen molar-refractivity contribution < 1.29 is 22.7 Å². The molecule has 4 N–H and O–H groups in total. The fourth-order valence-electron chi connectivity index (χ4n) is 0.275. The number of carbonyl (C=O) groups is 2. The van der Waals surface area contributed by atoms with Gasteiger partial charge in [-0.2, -0.15) is 0 Å². The van der Waals surface area contributed by atoms with E-state index in [9.17, 15) is 9.59 Å². The van der Waals surface area contributed by atoms with Crippen LogP contribution in [0.5, 0.6) is 0 Å². The first-order valence-electron chi connectivity index (χ1n) is 2.24. The average Bonchev–Trinajstić information content (AvgIpc) is 1.63. The summed E-state index contributed by atoms with van der Waals surface area (Å²) in [5.41, 5.74) is 4.84. The van der Waals surface area contributed by atoms with E-state index in [-0.39, 0.29) is 42.9 Å². The summed E-state index contributed by atoms with van der Waals surface area (Å²) in [6.07, 6.45) is -0.532. The smallest absolute Gasteiger partial charge is 1.00 e. The molecule has 5 nitrogen and oxygen atoms in total. The van der Waals surface area contributed by atoms with Crippen LogP contribution >= 0.6 is 17.0 Å². The molecule has 0 aliphatic rings. The van der Waals surface area contributed by atoms with Gasteiger partial charge < -0.3 is 18.8 Å². The van der Waals surface area contributed by atoms with E-state index in [0.717, 1.165) is 0 Å². The molecule has 0 rings (SSSR count). The number of rotatable bonds is 3. The SMILES string of the molecule is Br.NC(CC(=O)O)C(=O)O.[H-].[H-].[Mg+2]. The first-order valence-corrected chi connectivity index (χ1v) is 2.24. The van der Waals surface area contributed by atoms with Gasteiger partial charge in [0, 0.05) is 0 Å². The fraction of sp³-hybridized carbons (Fsp3) is 0.500. The van der Waals surface area contributed by atoms with E-state index >= 15 is 0 Å². The van der Waals surface area contributed by atoms with Crippen LogP contribution in [0.4, 0.5) is 0 Å². The van der Waals surface area contributed by atoms with Gasteiger partial charge in [0.25, 0.3) is 0 Å². The predicted octanol–water partition coefficient (Wildman–Crippen LogP) is -0.705. The second-order valence-corrected chi connectivity index (χ2v) is 1.54. The summed E-state index contributed by atoms with van der Waals surface area (Å²) in [4.78, 5) is 19.6. The van der Waals surface area contributed by atoms with E-state index in [4.69, 9.17) is 15.9 Å². The van der Waals surface area contributed by atoms with E-state index in [1.165, 1.54) is 0 Å². The van der Waals surface area contributed by atoms with Crippen LogP contribution in [0.3, 0.4) is 0 Å². The maximum Gasteiger partial charge on any atom is 2.00 e. The van der Waals surface area contributed by atoms with Gasteiger partial charge >= 0.3 is 35.0 Å². The van der Waals surface area contributed by atoms with Crippen LogP contribution in [0.2, 0.25) is 0 Å². The second kappa shape index (κ2) is 8.24. The maximum atomic E-state index is 9.85. The molecule has 0 fully saturated rings. The number of aliphatic carboxylic acids is 2. The third-order valence-corrected chi connectivity index (χ3v) is 0.712. The normalized spacial score (nSPS) is 10.3. The molecule has 0 aromatic rings. The molecule has 0 heterocycles. The zero-order valence-corrected chi connectivity index (χ0v) is 8.82. The van der Waals surface area contributed by atoms with Crippen LogP contribution in [0.1, 0.15) is 9.27 Å². The fourth-order valence-corrected chi connectivity index (χ4v) is 0.275. The van der Waals surface area contributed by atoms with Gasteiger partial charge in [0.15, 0.2) is 0 Å². The number of nitrogens with two attached hydrogens (primary N) is 1. The van der Waals surface area contributed by atoms with Gasteiger partial charge in [0.2, 0.25) is 0 Å². The zero-order chi connectivity index (χ0) is 7.44. The van der Waals surface area contributed by atoms with Crippen molar-refractivity contribution in [1.29, 1.82) is 0 Å². The Morgan fingerprint density at radius 1 is 1.45 bits per heavy atom. The molecular weight excluding hydrogens is 230 g/mol. The van der Waals surface area contributed by atoms with Gasteiger partial charge in [-0.15, -0.1) is 17.0 Å². The molecule has 0 aromatic heterocycles. The summed E-state index contributed by atoms with van der Waals surface area (Å²) < 4.78 is 0. The molecule has 64 valence electrons. The van der Waals surface area contributed by atoms with E-state index in [1.54, 1.807) is 0 Å². The molecule has 0 radical (unpaired) electrons. The Hall–Kier alpha value is 0.146. The van der Waals surface area contributed by atoms with E-state index in [1.807, 2.05) is 0 Å². The number of carboxylic acid groups (broad SMARTS) is 2. The molecule has 0 saturated heterocycles. The molecule has 11 heavy (non-hydrogen) atoms. The average molecular weight is 240 g/mol. The van der Waals surface area contributed by atoms with E-state index < -0.39 is 24.4 Å². The minimum atomic E-state index is -1.29. The van der Waals surface area contributed by atoms with Crippen molar-refractivity contribution >= 4 is 52.0 Å². The maximum absolute atomic E-state index is 9.85. The van der Waals surface area contributed by atoms with Crippen molar-refractivity contribution in [1.82, 2.24) is 0 Å². The molecule has 0 spiro atoms. The van der Waals surface area contributed by atoms with Crippen molar-refractivity contribution in [2.24, 2.45) is 5.73 Å². The molecule has 0 saturated carbocycles. The number of halogens is 1. The topological polar surface area (TPSA) is 101 Å². The first-order chi connectivity index (χ1) is 4.04. The Morgan fingerprint density at radius 2 is 1.82 bits per heavy atom. The largest absolute Gasteiger partial charge is 2.00 e. The summed E-state index contributed by atoms with van der Waals surface area (Å²) in [5, 5.41) is 16.0. The number of hydrogen-bond acceptors (Lipinski definition) is 3. The second-order valence-electron chi connectivity index (χ2n) is 1.54. The molecule has 0 amide bonds. The first kappa shape index (κ1) is 17.3. The van der Waals surface area contributed by atoms with Crippen LogP contribution in [-0.4, -0.2) is 51.2 Å². The quantitative estimate of drug-likeness (QED) is 0.566. The van der Waals surface area contributed by atoms with Crippen LogP contribution < -0.4 is 5.73 Å². The van der Waals surface area contributed by atoms with Crippen LogP contribution in [0, 0.1) is 0 Å². The molecule has 0 aliphatic carbocycles. The monoisotopic (exact) mass is 239 g/mol. The standard InChI is InChI=1S/C4H7NO4.BrH.Mg.2H/c5-2(4(8)9)1-3(6)7;;;;/h2H,1,5H2,(H,6,7)(H,8,9);1H;;;/q;;+2;2*-1. The number of carboxylic acids is 2. The minimum absolute atomic E-state index is 0. The van der Waals surface area contributed by atoms with Gasteiger partial charge in [-0.1, -0.05) is 0 Å². The van der Waals surface area contributed by atoms with Crippen LogP contribution in [0.25, 0.3) is 0 Å². The minimum Gasteiger partial charge on any atom is -1.00 e. The van der Waals surface area contributed by atoms with Crippen molar-refractivity contribution in [3.8, 4) is 0 Å². The Morgan fingerprint density at radius 3 is 1.91 bits per heavy atom. The molecule has 0 aliphatic heterocycles. The van der Waals surface area contributed by atoms with Gasteiger partial charge in [-0.25, -0.2) is 0 Å². The molecular formula is C4H10BrMgNO4. The third kappa shape index (κ3) is 10.1. The summed E-state index contributed by atoms with van der Waals surface area (Å²) in [5.74, 6) is -2.50. The van der Waals surface area contributed by atoms with Crippen molar-refractivity contribution in [3.05, 3.63) is 0 Å². The Kier molecular flexibility index (Phi) is 13.0. The van der Waals surface area contributed by atoms with E-state index in [0.29, 0.717) is 0 Å². The zero-order valence-electron chi connectivity index (χ0n) is 7.69. The predicted molar refractivity (Wildman–Crippen MR) is 46.2 cm³/mol. The molecule has 7 heteroatoms. The van der Waals surface area contributed by atoms with Crippen molar-refractivity contribution in [2.45, 2.75) is 12.5 Å². The Bertz CT molecular complexity index is 150. The summed E-state index contributed by atoms with van der Waals surface area (Å²) in [6, 6.07) is -1.29. The molecule has 1 atom stereocenters. The van der Waals surface area contributed by atoms with Crippen LogP contribution in [0.15, 0.2) is 0 Å². The summed E-state index contributed by atoms with van der Waals surface area (Å²) >= 11 is 0. The van der Waals surface area contributed by atoms with E-state index in [2.05, 4.69) is 0 Å². The van der Waals surface area contributed by atoms with Gasteiger partial charge in [-0.3, -0.25) is 9.59 Å². The summed E-state index contributed by atoms with van der Waals surface area (Å²) in [6.45, 7) is 0. The van der Waals surface area contributed by atoms with Crippen molar-refractivity contribution in [3.63, 3.8) is 0 Å². The number of hydrogen-bond donors (Lipinski definition) is 3. The molecule has 0 bridgehead atoms. The summed E-state index contributed by atoms with van der Waals surface area (Å²) in [7, 11) is 0. The molecule has 0 aromatic carbocycles. The van der Waals surface area contributed by atoms with Gasteiger partial charge in [0.1, 0.15) is 6.04 Å². The van der Waals surface area contributed by atoms with Gasteiger partial charge in [-0.05, 0) is 0 Å². The Balaban J connectivity index is -0.0000000533. The third-order valence-electron chi connectivity index (χ3n) is 0.712. The van der Waals surface area contributed by atoms with Crippen molar-refractivity contribution in [2.75, 3.05) is 0 Å². The molecule has 1 unspecified atom stereocenters.